The van der Waals surface area contributed by atoms with Crippen molar-refractivity contribution >= 4 is 23.7 Å². The summed E-state index contributed by atoms with van der Waals surface area (Å²) in [6, 6.07) is 14.9. The lowest BCUT2D eigenvalue weighted by molar-refractivity contribution is -0.120. The Balaban J connectivity index is 1.89. The van der Waals surface area contributed by atoms with E-state index in [0.29, 0.717) is 17.4 Å². The van der Waals surface area contributed by atoms with Gasteiger partial charge in [-0.1, -0.05) is 68.1 Å². The Bertz CT molecular complexity index is 717. The third-order valence-electron chi connectivity index (χ3n) is 3.83. The minimum atomic E-state index is -0.170. The van der Waals surface area contributed by atoms with Crippen LogP contribution in [0.4, 0.5) is 0 Å². The molecule has 0 aliphatic heterocycles. The molecule has 4 nitrogen and oxygen atoms in total. The summed E-state index contributed by atoms with van der Waals surface area (Å²) in [5.74, 6) is 0.545. The molecule has 26 heavy (non-hydrogen) atoms. The lowest BCUT2D eigenvalue weighted by atomic mass is 10.1. The quantitative estimate of drug-likeness (QED) is 0.363. The summed E-state index contributed by atoms with van der Waals surface area (Å²) >= 11 is 6.06. The van der Waals surface area contributed by atoms with E-state index >= 15 is 0 Å². The van der Waals surface area contributed by atoms with Gasteiger partial charge in [-0.3, -0.25) is 4.79 Å². The van der Waals surface area contributed by atoms with Crippen LogP contribution in [0.2, 0.25) is 5.02 Å². The average Bonchev–Trinajstić information content (AvgIpc) is 2.64. The number of unbranched alkanes of at least 4 members (excludes halogenated alkanes) is 3. The summed E-state index contributed by atoms with van der Waals surface area (Å²) in [7, 11) is 0. The zero-order valence-electron chi connectivity index (χ0n) is 15.1. The molecule has 0 radical (unpaired) electrons. The molecule has 0 aromatic heterocycles. The van der Waals surface area contributed by atoms with Gasteiger partial charge in [0.15, 0.2) is 0 Å². The van der Waals surface area contributed by atoms with Crippen molar-refractivity contribution in [2.24, 2.45) is 5.10 Å². The van der Waals surface area contributed by atoms with Crippen molar-refractivity contribution < 1.29 is 9.53 Å². The summed E-state index contributed by atoms with van der Waals surface area (Å²) in [5, 5.41) is 4.63. The SMILES string of the molecule is CCCCCCOc1ccc(Cl)cc1C=NNC(=O)Cc1ccccc1. The molecule has 0 unspecified atom stereocenters. The molecule has 1 amide bonds. The number of nitrogens with one attached hydrogen (secondary N) is 1. The fraction of sp³-hybridized carbons (Fsp3) is 0.333. The number of hydrogen-bond donors (Lipinski definition) is 1. The molecule has 0 heterocycles. The van der Waals surface area contributed by atoms with E-state index in [1.165, 1.54) is 12.8 Å². The highest BCUT2D eigenvalue weighted by Crippen LogP contribution is 2.21. The van der Waals surface area contributed by atoms with Crippen LogP contribution >= 0.6 is 11.6 Å². The lowest BCUT2D eigenvalue weighted by Gasteiger charge is -2.09. The first-order chi connectivity index (χ1) is 12.7. The van der Waals surface area contributed by atoms with Crippen molar-refractivity contribution in [1.29, 1.82) is 0 Å². The maximum absolute atomic E-state index is 11.9. The Morgan fingerprint density at radius 2 is 1.96 bits per heavy atom. The van der Waals surface area contributed by atoms with Gasteiger partial charge in [0, 0.05) is 10.6 Å². The fourth-order valence-corrected chi connectivity index (χ4v) is 2.64. The standard InChI is InChI=1S/C21H25ClN2O2/c1-2-3-4-8-13-26-20-12-11-19(22)15-18(20)16-23-24-21(25)14-17-9-6-5-7-10-17/h5-7,9-12,15-16H,2-4,8,13-14H2,1H3,(H,24,25). The van der Waals surface area contributed by atoms with E-state index in [0.717, 1.165) is 24.0 Å². The second-order valence-electron chi connectivity index (χ2n) is 6.05. The second kappa shape index (κ2) is 11.3. The van der Waals surface area contributed by atoms with Gasteiger partial charge < -0.3 is 4.74 Å². The molecule has 0 saturated heterocycles. The minimum absolute atomic E-state index is 0.170. The predicted octanol–water partition coefficient (Wildman–Crippen LogP) is 4.99. The molecule has 0 fully saturated rings. The van der Waals surface area contributed by atoms with Crippen LogP contribution in [0.1, 0.15) is 43.7 Å². The maximum atomic E-state index is 11.9. The number of halogens is 1. The Labute approximate surface area is 160 Å². The molecule has 0 spiro atoms. The van der Waals surface area contributed by atoms with Crippen LogP contribution in [0.15, 0.2) is 53.6 Å². The first kappa shape index (κ1) is 20.0. The van der Waals surface area contributed by atoms with Crippen molar-refractivity contribution in [2.75, 3.05) is 6.61 Å². The molecular formula is C21H25ClN2O2. The largest absolute Gasteiger partial charge is 0.493 e. The molecule has 0 saturated carbocycles. The van der Waals surface area contributed by atoms with Gasteiger partial charge in [-0.2, -0.15) is 5.10 Å². The van der Waals surface area contributed by atoms with Gasteiger partial charge >= 0.3 is 0 Å². The molecule has 138 valence electrons. The van der Waals surface area contributed by atoms with Crippen LogP contribution in [0.25, 0.3) is 0 Å². The average molecular weight is 373 g/mol. The van der Waals surface area contributed by atoms with Gasteiger partial charge in [-0.05, 0) is 30.2 Å². The van der Waals surface area contributed by atoms with Crippen LogP contribution in [0, 0.1) is 0 Å². The van der Waals surface area contributed by atoms with Gasteiger partial charge in [-0.15, -0.1) is 0 Å². The zero-order chi connectivity index (χ0) is 18.6. The number of rotatable bonds is 10. The third-order valence-corrected chi connectivity index (χ3v) is 4.06. The highest BCUT2D eigenvalue weighted by atomic mass is 35.5. The number of amides is 1. The summed E-state index contributed by atoms with van der Waals surface area (Å²) in [4.78, 5) is 11.9. The minimum Gasteiger partial charge on any atom is -0.493 e. The molecule has 0 aliphatic rings. The van der Waals surface area contributed by atoms with E-state index in [2.05, 4.69) is 17.5 Å². The maximum Gasteiger partial charge on any atom is 0.244 e. The fourth-order valence-electron chi connectivity index (χ4n) is 2.46. The second-order valence-corrected chi connectivity index (χ2v) is 6.48. The first-order valence-corrected chi connectivity index (χ1v) is 9.35. The molecule has 5 heteroatoms. The monoisotopic (exact) mass is 372 g/mol. The topological polar surface area (TPSA) is 50.7 Å². The number of nitrogens with zero attached hydrogens (tertiary/aromatic N) is 1. The van der Waals surface area contributed by atoms with E-state index in [9.17, 15) is 4.79 Å². The van der Waals surface area contributed by atoms with Crippen LogP contribution in [-0.4, -0.2) is 18.7 Å². The molecule has 2 aromatic rings. The number of carbonyl (C=O) groups excluding carboxylic acids is 1. The predicted molar refractivity (Wildman–Crippen MR) is 107 cm³/mol. The van der Waals surface area contributed by atoms with Crippen molar-refractivity contribution in [1.82, 2.24) is 5.43 Å². The van der Waals surface area contributed by atoms with Gasteiger partial charge in [0.25, 0.3) is 0 Å². The first-order valence-electron chi connectivity index (χ1n) is 8.97. The number of carbonyl (C=O) groups is 1. The highest BCUT2D eigenvalue weighted by Gasteiger charge is 2.04. The summed E-state index contributed by atoms with van der Waals surface area (Å²) < 4.78 is 5.83. The molecule has 0 bridgehead atoms. The van der Waals surface area contributed by atoms with Gasteiger partial charge in [0.05, 0.1) is 19.2 Å². The van der Waals surface area contributed by atoms with E-state index in [1.807, 2.05) is 36.4 Å². The molecular weight excluding hydrogens is 348 g/mol. The van der Waals surface area contributed by atoms with Crippen molar-refractivity contribution in [3.05, 3.63) is 64.7 Å². The Morgan fingerprint density at radius 3 is 2.73 bits per heavy atom. The Morgan fingerprint density at radius 1 is 1.15 bits per heavy atom. The number of benzene rings is 2. The highest BCUT2D eigenvalue weighted by molar-refractivity contribution is 6.30. The zero-order valence-corrected chi connectivity index (χ0v) is 15.8. The van der Waals surface area contributed by atoms with Gasteiger partial charge in [0.1, 0.15) is 5.75 Å². The molecule has 2 aromatic carbocycles. The Kier molecular flexibility index (Phi) is 8.70. The van der Waals surface area contributed by atoms with Crippen LogP contribution in [0.3, 0.4) is 0 Å². The van der Waals surface area contributed by atoms with Gasteiger partial charge in [0.2, 0.25) is 5.91 Å². The molecule has 0 atom stereocenters. The summed E-state index contributed by atoms with van der Waals surface area (Å²) in [6.45, 7) is 2.84. The van der Waals surface area contributed by atoms with E-state index in [4.69, 9.17) is 16.3 Å². The van der Waals surface area contributed by atoms with Crippen LogP contribution < -0.4 is 10.2 Å². The van der Waals surface area contributed by atoms with Crippen LogP contribution in [0.5, 0.6) is 5.75 Å². The number of hydrazone groups is 1. The third kappa shape index (κ3) is 7.28. The smallest absolute Gasteiger partial charge is 0.244 e. The van der Waals surface area contributed by atoms with Crippen molar-refractivity contribution in [3.63, 3.8) is 0 Å². The summed E-state index contributed by atoms with van der Waals surface area (Å²) in [6.07, 6.45) is 6.43. The van der Waals surface area contributed by atoms with E-state index in [1.54, 1.807) is 18.3 Å². The molecule has 2 rings (SSSR count). The molecule has 0 aliphatic carbocycles. The van der Waals surface area contributed by atoms with E-state index in [-0.39, 0.29) is 12.3 Å². The molecule has 1 N–H and O–H groups in total. The van der Waals surface area contributed by atoms with Gasteiger partial charge in [-0.25, -0.2) is 5.43 Å². The van der Waals surface area contributed by atoms with Crippen LogP contribution in [-0.2, 0) is 11.2 Å². The van der Waals surface area contributed by atoms with Crippen molar-refractivity contribution in [2.45, 2.75) is 39.0 Å². The number of ether oxygens (including phenoxy) is 1. The Hall–Kier alpha value is -2.33. The van der Waals surface area contributed by atoms with E-state index < -0.39 is 0 Å². The number of hydrogen-bond acceptors (Lipinski definition) is 3. The lowest BCUT2D eigenvalue weighted by Crippen LogP contribution is -2.19. The summed E-state index contributed by atoms with van der Waals surface area (Å²) in [5.41, 5.74) is 4.23. The normalized spacial score (nSPS) is 10.8. The van der Waals surface area contributed by atoms with Crippen molar-refractivity contribution in [3.8, 4) is 5.75 Å².